The van der Waals surface area contributed by atoms with Crippen LogP contribution in [0.3, 0.4) is 0 Å². The third-order valence-electron chi connectivity index (χ3n) is 2.72. The minimum absolute atomic E-state index is 0.297. The number of carbonyl (C=O) groups excluding carboxylic acids is 1. The van der Waals surface area contributed by atoms with Gasteiger partial charge in [0.15, 0.2) is 5.75 Å². The van der Waals surface area contributed by atoms with Crippen molar-refractivity contribution in [3.63, 3.8) is 0 Å². The van der Waals surface area contributed by atoms with E-state index in [4.69, 9.17) is 4.74 Å². The monoisotopic (exact) mass is 316 g/mol. The third-order valence-corrected chi connectivity index (χ3v) is 2.72. The summed E-state index contributed by atoms with van der Waals surface area (Å²) in [5.74, 6) is -1.41. The zero-order chi connectivity index (χ0) is 17.0. The van der Waals surface area contributed by atoms with Gasteiger partial charge in [0, 0.05) is 12.1 Å². The maximum absolute atomic E-state index is 12.0. The van der Waals surface area contributed by atoms with Crippen LogP contribution in [-0.2, 0) is 0 Å². The van der Waals surface area contributed by atoms with Crippen molar-refractivity contribution in [2.24, 2.45) is 0 Å². The molecule has 116 valence electrons. The van der Waals surface area contributed by atoms with Gasteiger partial charge in [-0.2, -0.15) is 0 Å². The lowest BCUT2D eigenvalue weighted by Gasteiger charge is -2.02. The highest BCUT2D eigenvalue weighted by Crippen LogP contribution is 2.23. The Balaban J connectivity index is 2.43. The van der Waals surface area contributed by atoms with Gasteiger partial charge in [0.1, 0.15) is 0 Å². The molecule has 0 aliphatic carbocycles. The molecule has 0 amide bonds. The Labute approximate surface area is 128 Å². The van der Waals surface area contributed by atoms with Gasteiger partial charge in [-0.25, -0.2) is 4.79 Å². The fourth-order valence-corrected chi connectivity index (χ4v) is 1.68. The van der Waals surface area contributed by atoms with E-state index < -0.39 is 38.2 Å². The molecule has 0 spiro atoms. The normalized spacial score (nSPS) is 9.91. The summed E-state index contributed by atoms with van der Waals surface area (Å²) in [5, 5.41) is 21.6. The number of nitrogens with zero attached hydrogens (tertiary/aromatic N) is 2. The highest BCUT2D eigenvalue weighted by Gasteiger charge is 2.21. The van der Waals surface area contributed by atoms with Crippen molar-refractivity contribution in [3.05, 3.63) is 84.5 Å². The summed E-state index contributed by atoms with van der Waals surface area (Å²) in [7, 11) is 0. The number of esters is 1. The van der Waals surface area contributed by atoms with Crippen molar-refractivity contribution >= 4 is 17.3 Å². The second-order valence-corrected chi connectivity index (χ2v) is 4.28. The van der Waals surface area contributed by atoms with Crippen LogP contribution in [0.1, 0.15) is 10.4 Å². The highest BCUT2D eigenvalue weighted by molar-refractivity contribution is 5.92. The maximum Gasteiger partial charge on any atom is 0.344 e. The molecule has 2 aromatic rings. The number of rotatable bonds is 4. The maximum atomic E-state index is 12.0. The quantitative estimate of drug-likeness (QED) is 0.479. The zero-order valence-electron chi connectivity index (χ0n) is 11.4. The van der Waals surface area contributed by atoms with Crippen LogP contribution in [0, 0.1) is 20.2 Å². The first-order chi connectivity index (χ1) is 10.9. The molecule has 9 nitrogen and oxygen atoms in total. The van der Waals surface area contributed by atoms with Gasteiger partial charge in [-0.1, -0.05) is 18.2 Å². The van der Waals surface area contributed by atoms with Crippen molar-refractivity contribution < 1.29 is 19.4 Å². The SMILES string of the molecule is O=C(Oc1cccccc1=O)c1cc([N+](=O)[O-])cc([N+](=O)[O-])c1. The number of benzene rings is 1. The second-order valence-electron chi connectivity index (χ2n) is 4.28. The first-order valence-electron chi connectivity index (χ1n) is 6.14. The molecule has 0 saturated carbocycles. The summed E-state index contributed by atoms with van der Waals surface area (Å²) in [6.07, 6.45) is 0. The van der Waals surface area contributed by atoms with Crippen LogP contribution in [0.15, 0.2) is 53.3 Å². The molecule has 0 saturated heterocycles. The largest absolute Gasteiger partial charge is 0.419 e. The van der Waals surface area contributed by atoms with Gasteiger partial charge in [-0.15, -0.1) is 0 Å². The average molecular weight is 316 g/mol. The molecule has 0 aromatic heterocycles. The average Bonchev–Trinajstić information content (AvgIpc) is 2.71. The van der Waals surface area contributed by atoms with E-state index in [0.717, 1.165) is 18.2 Å². The van der Waals surface area contributed by atoms with E-state index in [1.807, 2.05) is 0 Å². The van der Waals surface area contributed by atoms with Crippen LogP contribution < -0.4 is 10.2 Å². The number of hydrogen-bond acceptors (Lipinski definition) is 7. The Bertz CT molecular complexity index is 831. The van der Waals surface area contributed by atoms with Crippen LogP contribution in [-0.4, -0.2) is 15.8 Å². The molecule has 9 heteroatoms. The number of ether oxygens (including phenoxy) is 1. The highest BCUT2D eigenvalue weighted by atomic mass is 16.6. The van der Waals surface area contributed by atoms with E-state index in [2.05, 4.69) is 0 Å². The molecule has 2 aromatic carbocycles. The molecule has 0 heterocycles. The number of non-ortho nitro benzene ring substituents is 2. The van der Waals surface area contributed by atoms with Crippen LogP contribution in [0.25, 0.3) is 0 Å². The van der Waals surface area contributed by atoms with Gasteiger partial charge in [0.05, 0.1) is 21.5 Å². The molecule has 0 radical (unpaired) electrons. The van der Waals surface area contributed by atoms with Crippen LogP contribution in [0.4, 0.5) is 11.4 Å². The minimum Gasteiger partial charge on any atom is -0.419 e. The third kappa shape index (κ3) is 3.73. The van der Waals surface area contributed by atoms with E-state index in [0.29, 0.717) is 0 Å². The Kier molecular flexibility index (Phi) is 4.41. The molecule has 0 N–H and O–H groups in total. The van der Waals surface area contributed by atoms with Crippen LogP contribution in [0.2, 0.25) is 0 Å². The molecule has 0 aliphatic heterocycles. The summed E-state index contributed by atoms with van der Waals surface area (Å²) in [6.45, 7) is 0. The van der Waals surface area contributed by atoms with E-state index in [9.17, 15) is 29.8 Å². The van der Waals surface area contributed by atoms with Gasteiger partial charge in [-0.05, 0) is 12.1 Å². The van der Waals surface area contributed by atoms with Crippen LogP contribution >= 0.6 is 0 Å². The van der Waals surface area contributed by atoms with Gasteiger partial charge in [-0.3, -0.25) is 25.0 Å². The first-order valence-corrected chi connectivity index (χ1v) is 6.14. The number of nitro groups is 2. The predicted octanol–water partition coefficient (Wildman–Crippen LogP) is 2.08. The Morgan fingerprint density at radius 2 is 1.48 bits per heavy atom. The molecule has 0 aliphatic rings. The van der Waals surface area contributed by atoms with Crippen molar-refractivity contribution in [2.75, 3.05) is 0 Å². The van der Waals surface area contributed by atoms with Crippen LogP contribution in [0.5, 0.6) is 5.75 Å². The number of hydrogen-bond donors (Lipinski definition) is 0. The van der Waals surface area contributed by atoms with Crippen molar-refractivity contribution in [1.29, 1.82) is 0 Å². The molecular weight excluding hydrogens is 308 g/mol. The summed E-state index contributed by atoms with van der Waals surface area (Å²) < 4.78 is 4.86. The van der Waals surface area contributed by atoms with E-state index >= 15 is 0 Å². The summed E-state index contributed by atoms with van der Waals surface area (Å²) in [6, 6.07) is 9.24. The molecule has 0 atom stereocenters. The number of nitro benzene ring substituents is 2. The molecule has 23 heavy (non-hydrogen) atoms. The fourth-order valence-electron chi connectivity index (χ4n) is 1.68. The lowest BCUT2D eigenvalue weighted by molar-refractivity contribution is -0.394. The second kappa shape index (κ2) is 6.43. The van der Waals surface area contributed by atoms with Gasteiger partial charge in [0.25, 0.3) is 11.4 Å². The smallest absolute Gasteiger partial charge is 0.344 e. The molecule has 0 fully saturated rings. The Morgan fingerprint density at radius 3 is 2.04 bits per heavy atom. The standard InChI is InChI=1S/C14H8N2O7/c17-12-4-2-1-3-5-13(12)23-14(18)9-6-10(15(19)20)8-11(7-9)16(21)22/h1-8H. The van der Waals surface area contributed by atoms with E-state index in [1.54, 1.807) is 0 Å². The van der Waals surface area contributed by atoms with Crippen molar-refractivity contribution in [3.8, 4) is 5.75 Å². The van der Waals surface area contributed by atoms with Gasteiger partial charge < -0.3 is 4.74 Å². The molecular formula is C14H8N2O7. The van der Waals surface area contributed by atoms with Crippen molar-refractivity contribution in [2.45, 2.75) is 0 Å². The first kappa shape index (κ1) is 15.8. The van der Waals surface area contributed by atoms with Gasteiger partial charge in [0.2, 0.25) is 5.43 Å². The minimum atomic E-state index is -1.11. The van der Waals surface area contributed by atoms with Crippen molar-refractivity contribution in [1.82, 2.24) is 0 Å². The number of carbonyl (C=O) groups is 1. The molecule has 2 rings (SSSR count). The lowest BCUT2D eigenvalue weighted by atomic mass is 10.2. The zero-order valence-corrected chi connectivity index (χ0v) is 11.4. The molecule has 0 unspecified atom stereocenters. The van der Waals surface area contributed by atoms with E-state index in [-0.39, 0.29) is 5.75 Å². The van der Waals surface area contributed by atoms with E-state index in [1.165, 1.54) is 30.3 Å². The Hall–Kier alpha value is -3.62. The summed E-state index contributed by atoms with van der Waals surface area (Å²) in [5.41, 5.74) is -2.25. The lowest BCUT2D eigenvalue weighted by Crippen LogP contribution is -2.13. The summed E-state index contributed by atoms with van der Waals surface area (Å²) in [4.78, 5) is 43.5. The fraction of sp³-hybridized carbons (Fsp3) is 0. The van der Waals surface area contributed by atoms with Gasteiger partial charge >= 0.3 is 5.97 Å². The topological polar surface area (TPSA) is 130 Å². The molecule has 0 bridgehead atoms. The predicted molar refractivity (Wildman–Crippen MR) is 77.4 cm³/mol. The Morgan fingerprint density at radius 1 is 0.913 bits per heavy atom. The summed E-state index contributed by atoms with van der Waals surface area (Å²) >= 11 is 0.